The lowest BCUT2D eigenvalue weighted by Gasteiger charge is -2.37. The molecule has 1 N–H and O–H groups in total. The number of hydrogen-bond donors (Lipinski definition) is 1. The standard InChI is InChI=1S/C18H27N3O3/c1-14-5-4-6-16(15(14)2)20-8-10-21(11-9-20)18(23)13-17(22)19-7-12-24-3/h4-6H,7-13H2,1-3H3,(H,19,22). The van der Waals surface area contributed by atoms with Gasteiger partial charge in [0.25, 0.3) is 0 Å². The van der Waals surface area contributed by atoms with E-state index in [1.165, 1.54) is 16.8 Å². The molecule has 1 aromatic carbocycles. The monoisotopic (exact) mass is 333 g/mol. The molecular formula is C18H27N3O3. The van der Waals surface area contributed by atoms with Gasteiger partial charge < -0.3 is 19.9 Å². The van der Waals surface area contributed by atoms with Crippen LogP contribution < -0.4 is 10.2 Å². The summed E-state index contributed by atoms with van der Waals surface area (Å²) >= 11 is 0. The van der Waals surface area contributed by atoms with Crippen LogP contribution in [-0.2, 0) is 14.3 Å². The molecule has 0 atom stereocenters. The van der Waals surface area contributed by atoms with E-state index in [1.54, 1.807) is 12.0 Å². The van der Waals surface area contributed by atoms with Crippen molar-refractivity contribution in [3.05, 3.63) is 29.3 Å². The normalized spacial score (nSPS) is 14.6. The third-order valence-electron chi connectivity index (χ3n) is 4.49. The number of carbonyl (C=O) groups excluding carboxylic acids is 2. The van der Waals surface area contributed by atoms with Gasteiger partial charge in [0.05, 0.1) is 6.61 Å². The molecule has 0 radical (unpaired) electrons. The molecule has 1 aromatic rings. The summed E-state index contributed by atoms with van der Waals surface area (Å²) in [5, 5.41) is 2.68. The van der Waals surface area contributed by atoms with Crippen molar-refractivity contribution in [2.45, 2.75) is 20.3 Å². The van der Waals surface area contributed by atoms with Crippen LogP contribution in [0.4, 0.5) is 5.69 Å². The van der Waals surface area contributed by atoms with Crippen molar-refractivity contribution in [3.8, 4) is 0 Å². The number of nitrogens with one attached hydrogen (secondary N) is 1. The van der Waals surface area contributed by atoms with E-state index in [0.717, 1.165) is 13.1 Å². The number of anilines is 1. The Hall–Kier alpha value is -2.08. The van der Waals surface area contributed by atoms with E-state index in [0.29, 0.717) is 26.2 Å². The van der Waals surface area contributed by atoms with Gasteiger partial charge in [-0.3, -0.25) is 9.59 Å². The summed E-state index contributed by atoms with van der Waals surface area (Å²) in [6.45, 7) is 8.02. The van der Waals surface area contributed by atoms with Crippen molar-refractivity contribution in [1.82, 2.24) is 10.2 Å². The molecule has 132 valence electrons. The summed E-state index contributed by atoms with van der Waals surface area (Å²) in [6.07, 6.45) is -0.0901. The van der Waals surface area contributed by atoms with Gasteiger partial charge in [-0.2, -0.15) is 0 Å². The second-order valence-electron chi connectivity index (χ2n) is 6.11. The Morgan fingerprint density at radius 1 is 1.17 bits per heavy atom. The number of benzene rings is 1. The van der Waals surface area contributed by atoms with Crippen LogP contribution in [0.5, 0.6) is 0 Å². The second kappa shape index (κ2) is 8.68. The number of piperazine rings is 1. The molecular weight excluding hydrogens is 306 g/mol. The number of ether oxygens (including phenoxy) is 1. The first kappa shape index (κ1) is 18.3. The van der Waals surface area contributed by atoms with Crippen molar-refractivity contribution < 1.29 is 14.3 Å². The molecule has 0 bridgehead atoms. The molecule has 2 amide bonds. The third kappa shape index (κ3) is 4.71. The van der Waals surface area contributed by atoms with Gasteiger partial charge in [0.1, 0.15) is 6.42 Å². The van der Waals surface area contributed by atoms with Gasteiger partial charge in [-0.25, -0.2) is 0 Å². The fourth-order valence-corrected chi connectivity index (χ4v) is 2.88. The lowest BCUT2D eigenvalue weighted by Crippen LogP contribution is -2.49. The molecule has 0 aliphatic carbocycles. The smallest absolute Gasteiger partial charge is 0.232 e. The number of methoxy groups -OCH3 is 1. The molecule has 1 saturated heterocycles. The van der Waals surface area contributed by atoms with E-state index in [1.807, 2.05) is 0 Å². The van der Waals surface area contributed by atoms with E-state index < -0.39 is 0 Å². The number of nitrogens with zero attached hydrogens (tertiary/aromatic N) is 2. The van der Waals surface area contributed by atoms with Crippen LogP contribution in [0.3, 0.4) is 0 Å². The molecule has 1 heterocycles. The zero-order valence-electron chi connectivity index (χ0n) is 14.8. The van der Waals surface area contributed by atoms with E-state index in [2.05, 4.69) is 42.3 Å². The van der Waals surface area contributed by atoms with Crippen LogP contribution in [0, 0.1) is 13.8 Å². The summed E-state index contributed by atoms with van der Waals surface area (Å²) < 4.78 is 4.87. The summed E-state index contributed by atoms with van der Waals surface area (Å²) in [4.78, 5) is 28.0. The molecule has 24 heavy (non-hydrogen) atoms. The summed E-state index contributed by atoms with van der Waals surface area (Å²) in [5.41, 5.74) is 3.80. The van der Waals surface area contributed by atoms with Crippen LogP contribution >= 0.6 is 0 Å². The first-order chi connectivity index (χ1) is 11.5. The van der Waals surface area contributed by atoms with E-state index in [9.17, 15) is 9.59 Å². The molecule has 0 unspecified atom stereocenters. The third-order valence-corrected chi connectivity index (χ3v) is 4.49. The van der Waals surface area contributed by atoms with Crippen molar-refractivity contribution in [2.75, 3.05) is 51.3 Å². The predicted molar refractivity (Wildman–Crippen MR) is 94.2 cm³/mol. The van der Waals surface area contributed by atoms with Gasteiger partial charge in [-0.15, -0.1) is 0 Å². The fourth-order valence-electron chi connectivity index (χ4n) is 2.88. The average molecular weight is 333 g/mol. The maximum atomic E-state index is 12.2. The Morgan fingerprint density at radius 2 is 1.88 bits per heavy atom. The minimum Gasteiger partial charge on any atom is -0.383 e. The summed E-state index contributed by atoms with van der Waals surface area (Å²) in [5.74, 6) is -0.348. The topological polar surface area (TPSA) is 61.9 Å². The minimum atomic E-state index is -0.242. The van der Waals surface area contributed by atoms with Gasteiger partial charge in [-0.05, 0) is 31.0 Å². The van der Waals surface area contributed by atoms with E-state index >= 15 is 0 Å². The van der Waals surface area contributed by atoms with Crippen molar-refractivity contribution in [3.63, 3.8) is 0 Å². The van der Waals surface area contributed by atoms with E-state index in [-0.39, 0.29) is 18.2 Å². The Balaban J connectivity index is 1.83. The Bertz CT molecular complexity index is 581. The number of rotatable bonds is 6. The lowest BCUT2D eigenvalue weighted by atomic mass is 10.1. The quantitative estimate of drug-likeness (QED) is 0.626. The van der Waals surface area contributed by atoms with Gasteiger partial charge >= 0.3 is 0 Å². The first-order valence-electron chi connectivity index (χ1n) is 8.37. The van der Waals surface area contributed by atoms with Gasteiger partial charge in [0.2, 0.25) is 11.8 Å². The van der Waals surface area contributed by atoms with Crippen LogP contribution in [0.15, 0.2) is 18.2 Å². The fraction of sp³-hybridized carbons (Fsp3) is 0.556. The maximum absolute atomic E-state index is 12.2. The number of amides is 2. The first-order valence-corrected chi connectivity index (χ1v) is 8.37. The zero-order chi connectivity index (χ0) is 17.5. The average Bonchev–Trinajstić information content (AvgIpc) is 2.58. The highest BCUT2D eigenvalue weighted by molar-refractivity contribution is 5.97. The molecule has 0 spiro atoms. The highest BCUT2D eigenvalue weighted by Gasteiger charge is 2.23. The summed E-state index contributed by atoms with van der Waals surface area (Å²) in [7, 11) is 1.58. The highest BCUT2D eigenvalue weighted by Crippen LogP contribution is 2.23. The molecule has 0 saturated carbocycles. The van der Waals surface area contributed by atoms with Gasteiger partial charge in [0.15, 0.2) is 0 Å². The molecule has 2 rings (SSSR count). The van der Waals surface area contributed by atoms with E-state index in [4.69, 9.17) is 4.74 Å². The molecule has 0 aromatic heterocycles. The molecule has 1 aliphatic heterocycles. The van der Waals surface area contributed by atoms with Crippen LogP contribution in [0.25, 0.3) is 0 Å². The van der Waals surface area contributed by atoms with Crippen molar-refractivity contribution in [2.24, 2.45) is 0 Å². The largest absolute Gasteiger partial charge is 0.383 e. The van der Waals surface area contributed by atoms with Crippen molar-refractivity contribution in [1.29, 1.82) is 0 Å². The number of aryl methyl sites for hydroxylation is 1. The van der Waals surface area contributed by atoms with Gasteiger partial charge in [0, 0.05) is 45.5 Å². The van der Waals surface area contributed by atoms with Crippen LogP contribution in [0.1, 0.15) is 17.5 Å². The lowest BCUT2D eigenvalue weighted by molar-refractivity contribution is -0.136. The van der Waals surface area contributed by atoms with Crippen LogP contribution in [0.2, 0.25) is 0 Å². The minimum absolute atomic E-state index is 0.0901. The second-order valence-corrected chi connectivity index (χ2v) is 6.11. The Labute approximate surface area is 143 Å². The Morgan fingerprint density at radius 3 is 2.54 bits per heavy atom. The number of hydrogen-bond acceptors (Lipinski definition) is 4. The zero-order valence-corrected chi connectivity index (χ0v) is 14.8. The maximum Gasteiger partial charge on any atom is 0.232 e. The number of carbonyl (C=O) groups is 2. The van der Waals surface area contributed by atoms with Crippen molar-refractivity contribution >= 4 is 17.5 Å². The molecule has 1 aliphatic rings. The van der Waals surface area contributed by atoms with Crippen LogP contribution in [-0.4, -0.2) is 63.2 Å². The molecule has 6 nitrogen and oxygen atoms in total. The molecule has 1 fully saturated rings. The summed E-state index contributed by atoms with van der Waals surface area (Å²) in [6, 6.07) is 6.31. The SMILES string of the molecule is COCCNC(=O)CC(=O)N1CCN(c2cccc(C)c2C)CC1. The Kier molecular flexibility index (Phi) is 6.61. The highest BCUT2D eigenvalue weighted by atomic mass is 16.5. The molecule has 6 heteroatoms. The van der Waals surface area contributed by atoms with Gasteiger partial charge in [-0.1, -0.05) is 12.1 Å². The predicted octanol–water partition coefficient (Wildman–Crippen LogP) is 1.10.